The average Bonchev–Trinajstić information content (AvgIpc) is 3.31. The lowest BCUT2D eigenvalue weighted by Crippen LogP contribution is -2.37. The van der Waals surface area contributed by atoms with Crippen LogP contribution in [0.2, 0.25) is 0 Å². The molecule has 2 atom stereocenters. The Hall–Kier alpha value is -2.25. The molecule has 7 heteroatoms. The van der Waals surface area contributed by atoms with Crippen molar-refractivity contribution in [3.8, 4) is 0 Å². The Bertz CT molecular complexity index is 728. The van der Waals surface area contributed by atoms with Crippen molar-refractivity contribution in [3.05, 3.63) is 58.0 Å². The molecular weight excluding hydrogens is 345 g/mol. The molecule has 0 bridgehead atoms. The lowest BCUT2D eigenvalue weighted by molar-refractivity contribution is -0.131. The van der Waals surface area contributed by atoms with Gasteiger partial charge in [-0.2, -0.15) is 0 Å². The number of nitrogens with one attached hydrogen (secondary N) is 1. The molecule has 5 nitrogen and oxygen atoms in total. The van der Waals surface area contributed by atoms with Crippen LogP contribution in [0.3, 0.4) is 0 Å². The quantitative estimate of drug-likeness (QED) is 0.801. The normalized spacial score (nSPS) is 17.9. The van der Waals surface area contributed by atoms with E-state index in [1.807, 2.05) is 0 Å². The van der Waals surface area contributed by atoms with Gasteiger partial charge in [-0.1, -0.05) is 24.3 Å². The predicted octanol–water partition coefficient (Wildman–Crippen LogP) is 3.08. The number of carbonyl (C=O) groups is 2. The van der Waals surface area contributed by atoms with E-state index in [4.69, 9.17) is 9.47 Å². The Morgan fingerprint density at radius 3 is 2.84 bits per heavy atom. The van der Waals surface area contributed by atoms with Crippen LogP contribution in [0.4, 0.5) is 4.39 Å². The molecule has 0 unspecified atom stereocenters. The van der Waals surface area contributed by atoms with Gasteiger partial charge in [-0.25, -0.2) is 9.18 Å². The van der Waals surface area contributed by atoms with Gasteiger partial charge in [0.05, 0.1) is 6.10 Å². The molecule has 0 aliphatic carbocycles. The fourth-order valence-electron chi connectivity index (χ4n) is 2.62. The van der Waals surface area contributed by atoms with Gasteiger partial charge in [0, 0.05) is 18.7 Å². The van der Waals surface area contributed by atoms with Crippen molar-refractivity contribution in [2.45, 2.75) is 25.0 Å². The van der Waals surface area contributed by atoms with Crippen LogP contribution in [-0.4, -0.2) is 31.1 Å². The average molecular weight is 363 g/mol. The first-order chi connectivity index (χ1) is 12.1. The molecule has 2 heterocycles. The summed E-state index contributed by atoms with van der Waals surface area (Å²) in [6, 6.07) is 9.08. The number of carbonyl (C=O) groups excluding carboxylic acids is 2. The second-order valence-electron chi connectivity index (χ2n) is 5.66. The van der Waals surface area contributed by atoms with Crippen LogP contribution in [-0.2, 0) is 14.3 Å². The number of esters is 1. The minimum atomic E-state index is -1.35. The highest BCUT2D eigenvalue weighted by atomic mass is 32.1. The molecule has 0 radical (unpaired) electrons. The van der Waals surface area contributed by atoms with Gasteiger partial charge >= 0.3 is 5.97 Å². The maximum atomic E-state index is 14.1. The maximum Gasteiger partial charge on any atom is 0.349 e. The molecule has 0 saturated carbocycles. The Kier molecular flexibility index (Phi) is 5.78. The number of rotatable bonds is 6. The third-order valence-electron chi connectivity index (χ3n) is 3.90. The summed E-state index contributed by atoms with van der Waals surface area (Å²) in [4.78, 5) is 25.1. The molecule has 25 heavy (non-hydrogen) atoms. The number of ether oxygens (including phenoxy) is 2. The molecule has 132 valence electrons. The molecule has 3 rings (SSSR count). The first-order valence-electron chi connectivity index (χ1n) is 8.03. The van der Waals surface area contributed by atoms with E-state index in [1.165, 1.54) is 29.5 Å². The van der Waals surface area contributed by atoms with E-state index in [1.54, 1.807) is 23.6 Å². The molecule has 1 aliphatic rings. The van der Waals surface area contributed by atoms with E-state index < -0.39 is 23.8 Å². The summed E-state index contributed by atoms with van der Waals surface area (Å²) in [6.07, 6.45) is 0.403. The fourth-order valence-corrected chi connectivity index (χ4v) is 3.22. The van der Waals surface area contributed by atoms with E-state index in [9.17, 15) is 14.0 Å². The lowest BCUT2D eigenvalue weighted by atomic mass is 10.1. The van der Waals surface area contributed by atoms with Gasteiger partial charge in [-0.05, 0) is 30.4 Å². The molecule has 1 amide bonds. The number of amides is 1. The summed E-state index contributed by atoms with van der Waals surface area (Å²) in [5.74, 6) is -1.82. The highest BCUT2D eigenvalue weighted by Crippen LogP contribution is 2.24. The topological polar surface area (TPSA) is 64.6 Å². The van der Waals surface area contributed by atoms with Gasteiger partial charge in [-0.15, -0.1) is 11.3 Å². The summed E-state index contributed by atoms with van der Waals surface area (Å²) in [6.45, 7) is 0.977. The zero-order chi connectivity index (χ0) is 17.6. The second-order valence-corrected chi connectivity index (χ2v) is 6.61. The Morgan fingerprint density at radius 1 is 1.32 bits per heavy atom. The van der Waals surface area contributed by atoms with Crippen molar-refractivity contribution >= 4 is 23.2 Å². The number of hydrogen-bond donors (Lipinski definition) is 1. The summed E-state index contributed by atoms with van der Waals surface area (Å²) in [5.41, 5.74) is 0.0252. The first-order valence-corrected chi connectivity index (χ1v) is 8.91. The van der Waals surface area contributed by atoms with Crippen molar-refractivity contribution < 1.29 is 23.5 Å². The Balaban J connectivity index is 1.74. The van der Waals surface area contributed by atoms with Crippen LogP contribution < -0.4 is 5.32 Å². The van der Waals surface area contributed by atoms with Crippen LogP contribution in [0.1, 0.15) is 34.2 Å². The smallest absolute Gasteiger partial charge is 0.349 e. The zero-order valence-electron chi connectivity index (χ0n) is 13.4. The molecule has 1 fully saturated rings. The fraction of sp³-hybridized carbons (Fsp3) is 0.333. The van der Waals surface area contributed by atoms with Crippen molar-refractivity contribution in [3.63, 3.8) is 0 Å². The van der Waals surface area contributed by atoms with Crippen molar-refractivity contribution in [2.75, 3.05) is 13.2 Å². The molecule has 1 N–H and O–H groups in total. The molecule has 1 aliphatic heterocycles. The van der Waals surface area contributed by atoms with Gasteiger partial charge in [0.15, 0.2) is 0 Å². The van der Waals surface area contributed by atoms with Gasteiger partial charge < -0.3 is 14.8 Å². The van der Waals surface area contributed by atoms with Crippen molar-refractivity contribution in [2.24, 2.45) is 0 Å². The van der Waals surface area contributed by atoms with Gasteiger partial charge in [0.2, 0.25) is 6.10 Å². The van der Waals surface area contributed by atoms with Crippen LogP contribution >= 0.6 is 11.3 Å². The molecule has 1 aromatic heterocycles. The van der Waals surface area contributed by atoms with E-state index in [-0.39, 0.29) is 11.7 Å². The highest BCUT2D eigenvalue weighted by Gasteiger charge is 2.29. The first kappa shape index (κ1) is 17.6. The summed E-state index contributed by atoms with van der Waals surface area (Å²) in [7, 11) is 0. The van der Waals surface area contributed by atoms with E-state index in [2.05, 4.69) is 5.32 Å². The maximum absolute atomic E-state index is 14.1. The largest absolute Gasteiger partial charge is 0.443 e. The summed E-state index contributed by atoms with van der Waals surface area (Å²) < 4.78 is 24.9. The number of halogens is 1. The molecule has 2 aromatic rings. The van der Waals surface area contributed by atoms with Crippen molar-refractivity contribution in [1.29, 1.82) is 0 Å². The highest BCUT2D eigenvalue weighted by molar-refractivity contribution is 7.11. The third kappa shape index (κ3) is 4.43. The molecule has 1 saturated heterocycles. The van der Waals surface area contributed by atoms with Gasteiger partial charge in [0.1, 0.15) is 10.7 Å². The van der Waals surface area contributed by atoms with Gasteiger partial charge in [-0.3, -0.25) is 4.79 Å². The SMILES string of the molecule is O=C(O[C@H](C(=O)NC[C@H]1CCCO1)c1ccccc1F)c1cccs1. The molecule has 1 aromatic carbocycles. The summed E-state index contributed by atoms with van der Waals surface area (Å²) >= 11 is 1.20. The van der Waals surface area contributed by atoms with Crippen LogP contribution in [0.15, 0.2) is 41.8 Å². The third-order valence-corrected chi connectivity index (χ3v) is 4.75. The van der Waals surface area contributed by atoms with E-state index in [0.29, 0.717) is 18.0 Å². The lowest BCUT2D eigenvalue weighted by Gasteiger charge is -2.19. The van der Waals surface area contributed by atoms with E-state index >= 15 is 0 Å². The molecular formula is C18H18FNO4S. The zero-order valence-corrected chi connectivity index (χ0v) is 14.3. The van der Waals surface area contributed by atoms with Crippen molar-refractivity contribution in [1.82, 2.24) is 5.32 Å². The van der Waals surface area contributed by atoms with Crippen LogP contribution in [0.25, 0.3) is 0 Å². The Labute approximate surface area is 148 Å². The number of benzene rings is 1. The second kappa shape index (κ2) is 8.22. The monoisotopic (exact) mass is 363 g/mol. The molecule has 0 spiro atoms. The number of hydrogen-bond acceptors (Lipinski definition) is 5. The minimum Gasteiger partial charge on any atom is -0.443 e. The standard InChI is InChI=1S/C18H18FNO4S/c19-14-7-2-1-6-13(14)16(24-18(22)15-8-4-10-25-15)17(21)20-11-12-5-3-9-23-12/h1-2,4,6-8,10,12,16H,3,5,9,11H2,(H,20,21)/t12-,16+/m1/s1. The summed E-state index contributed by atoms with van der Waals surface area (Å²) in [5, 5.41) is 4.43. The van der Waals surface area contributed by atoms with Gasteiger partial charge in [0.25, 0.3) is 5.91 Å². The van der Waals surface area contributed by atoms with Crippen LogP contribution in [0.5, 0.6) is 0 Å². The number of thiophene rings is 1. The minimum absolute atomic E-state index is 0.0252. The predicted molar refractivity (Wildman–Crippen MR) is 90.9 cm³/mol. The van der Waals surface area contributed by atoms with Crippen LogP contribution in [0, 0.1) is 5.82 Å². The van der Waals surface area contributed by atoms with E-state index in [0.717, 1.165) is 12.8 Å². The Morgan fingerprint density at radius 2 is 2.16 bits per heavy atom.